The fourth-order valence-electron chi connectivity index (χ4n) is 2.73. The molecule has 0 spiro atoms. The lowest BCUT2D eigenvalue weighted by molar-refractivity contribution is 0.719. The first-order valence-electron chi connectivity index (χ1n) is 7.24. The molecule has 3 rings (SSSR count). The largest absolute Gasteiger partial charge is 0.323 e. The van der Waals surface area contributed by atoms with Crippen LogP contribution < -0.4 is 0 Å². The molecule has 0 aliphatic heterocycles. The smallest absolute Gasteiger partial charge is 0.131 e. The van der Waals surface area contributed by atoms with Crippen LogP contribution in [0.2, 0.25) is 5.15 Å². The van der Waals surface area contributed by atoms with Gasteiger partial charge in [0.25, 0.3) is 0 Å². The van der Waals surface area contributed by atoms with E-state index in [0.29, 0.717) is 11.7 Å². The highest BCUT2D eigenvalue weighted by molar-refractivity contribution is 6.30. The van der Waals surface area contributed by atoms with E-state index in [2.05, 4.69) is 28.7 Å². The minimum atomic E-state index is 0.702. The van der Waals surface area contributed by atoms with Crippen molar-refractivity contribution < 1.29 is 0 Å². The molecule has 0 unspecified atom stereocenters. The Hall–Kier alpha value is -1.81. The Morgan fingerprint density at radius 1 is 1.24 bits per heavy atom. The molecule has 4 nitrogen and oxygen atoms in total. The summed E-state index contributed by atoms with van der Waals surface area (Å²) in [6.45, 7) is 4.89. The fourth-order valence-corrected chi connectivity index (χ4v) is 2.96. The predicted molar refractivity (Wildman–Crippen MR) is 85.8 cm³/mol. The van der Waals surface area contributed by atoms with Crippen molar-refractivity contribution in [2.45, 2.75) is 33.2 Å². The number of aromatic nitrogens is 4. The van der Waals surface area contributed by atoms with Gasteiger partial charge < -0.3 is 4.57 Å². The molecule has 0 aliphatic carbocycles. The van der Waals surface area contributed by atoms with Crippen molar-refractivity contribution in [3.05, 3.63) is 46.5 Å². The SMILES string of the molecule is CCCc1nc2ccccc2n1Cc1c(C)nn(C)c1Cl. The first kappa shape index (κ1) is 14.1. The second-order valence-electron chi connectivity index (χ2n) is 5.33. The second-order valence-corrected chi connectivity index (χ2v) is 5.69. The minimum absolute atomic E-state index is 0.702. The normalized spacial score (nSPS) is 11.4. The van der Waals surface area contributed by atoms with Gasteiger partial charge in [0.15, 0.2) is 0 Å². The highest BCUT2D eigenvalue weighted by Gasteiger charge is 2.16. The maximum absolute atomic E-state index is 6.38. The van der Waals surface area contributed by atoms with Crippen LogP contribution in [0.5, 0.6) is 0 Å². The van der Waals surface area contributed by atoms with Crippen LogP contribution in [0.15, 0.2) is 24.3 Å². The Bertz CT molecular complexity index is 785. The van der Waals surface area contributed by atoms with E-state index < -0.39 is 0 Å². The maximum atomic E-state index is 6.38. The van der Waals surface area contributed by atoms with E-state index in [0.717, 1.165) is 41.0 Å². The molecule has 0 atom stereocenters. The molecule has 2 heterocycles. The van der Waals surface area contributed by atoms with Crippen LogP contribution in [0, 0.1) is 6.92 Å². The number of hydrogen-bond acceptors (Lipinski definition) is 2. The van der Waals surface area contributed by atoms with Gasteiger partial charge in [-0.05, 0) is 25.5 Å². The number of hydrogen-bond donors (Lipinski definition) is 0. The summed E-state index contributed by atoms with van der Waals surface area (Å²) in [5.41, 5.74) is 4.24. The van der Waals surface area contributed by atoms with E-state index in [4.69, 9.17) is 16.6 Å². The Morgan fingerprint density at radius 2 is 2.00 bits per heavy atom. The van der Waals surface area contributed by atoms with Gasteiger partial charge in [0, 0.05) is 19.0 Å². The van der Waals surface area contributed by atoms with Gasteiger partial charge in [-0.2, -0.15) is 5.10 Å². The van der Waals surface area contributed by atoms with E-state index in [1.807, 2.05) is 26.1 Å². The maximum Gasteiger partial charge on any atom is 0.131 e. The van der Waals surface area contributed by atoms with Crippen LogP contribution in [0.1, 0.15) is 30.4 Å². The van der Waals surface area contributed by atoms with Gasteiger partial charge in [-0.25, -0.2) is 4.98 Å². The Balaban J connectivity index is 2.12. The van der Waals surface area contributed by atoms with E-state index in [9.17, 15) is 0 Å². The summed E-state index contributed by atoms with van der Waals surface area (Å²) in [6.07, 6.45) is 2.04. The Kier molecular flexibility index (Phi) is 3.72. The summed E-state index contributed by atoms with van der Waals surface area (Å²) >= 11 is 6.38. The van der Waals surface area contributed by atoms with Crippen molar-refractivity contribution in [1.29, 1.82) is 0 Å². The van der Waals surface area contributed by atoms with Crippen LogP contribution in [0.4, 0.5) is 0 Å². The molecule has 5 heteroatoms. The zero-order valence-electron chi connectivity index (χ0n) is 12.6. The zero-order valence-corrected chi connectivity index (χ0v) is 13.4. The Labute approximate surface area is 129 Å². The standard InChI is InChI=1S/C16H19ClN4/c1-4-7-15-18-13-8-5-6-9-14(13)21(15)10-12-11(2)19-20(3)16(12)17/h5-6,8-9H,4,7,10H2,1-3H3. The first-order valence-corrected chi connectivity index (χ1v) is 7.61. The van der Waals surface area contributed by atoms with Gasteiger partial charge in [0.05, 0.1) is 23.3 Å². The quantitative estimate of drug-likeness (QED) is 0.736. The van der Waals surface area contributed by atoms with Gasteiger partial charge in [-0.1, -0.05) is 30.7 Å². The molecule has 0 amide bonds. The van der Waals surface area contributed by atoms with E-state index >= 15 is 0 Å². The third-order valence-corrected chi connectivity index (χ3v) is 4.27. The number of benzene rings is 1. The summed E-state index contributed by atoms with van der Waals surface area (Å²) in [5, 5.41) is 5.10. The molecule has 0 bridgehead atoms. The molecule has 0 aliphatic rings. The van der Waals surface area contributed by atoms with Crippen molar-refractivity contribution >= 4 is 22.6 Å². The van der Waals surface area contributed by atoms with Crippen molar-refractivity contribution in [2.75, 3.05) is 0 Å². The summed E-state index contributed by atoms with van der Waals surface area (Å²) in [6, 6.07) is 8.25. The van der Waals surface area contributed by atoms with E-state index in [1.165, 1.54) is 0 Å². The molecule has 0 radical (unpaired) electrons. The van der Waals surface area contributed by atoms with E-state index in [-0.39, 0.29) is 0 Å². The molecule has 0 N–H and O–H groups in total. The fraction of sp³-hybridized carbons (Fsp3) is 0.375. The molecular formula is C16H19ClN4. The summed E-state index contributed by atoms with van der Waals surface area (Å²) in [7, 11) is 1.87. The third-order valence-electron chi connectivity index (χ3n) is 3.79. The molecule has 0 fully saturated rings. The lowest BCUT2D eigenvalue weighted by Crippen LogP contribution is -2.06. The average molecular weight is 303 g/mol. The minimum Gasteiger partial charge on any atom is -0.323 e. The average Bonchev–Trinajstić information content (AvgIpc) is 2.92. The van der Waals surface area contributed by atoms with Crippen LogP contribution in [-0.4, -0.2) is 19.3 Å². The van der Waals surface area contributed by atoms with Crippen molar-refractivity contribution in [2.24, 2.45) is 7.05 Å². The van der Waals surface area contributed by atoms with Crippen LogP contribution in [0.25, 0.3) is 11.0 Å². The van der Waals surface area contributed by atoms with Gasteiger partial charge in [-0.15, -0.1) is 0 Å². The molecule has 0 saturated carbocycles. The highest BCUT2D eigenvalue weighted by atomic mass is 35.5. The number of imidazole rings is 1. The predicted octanol–water partition coefficient (Wildman–Crippen LogP) is 3.73. The lowest BCUT2D eigenvalue weighted by atomic mass is 10.2. The van der Waals surface area contributed by atoms with Gasteiger partial charge in [-0.3, -0.25) is 4.68 Å². The van der Waals surface area contributed by atoms with Crippen molar-refractivity contribution in [3.8, 4) is 0 Å². The third kappa shape index (κ3) is 2.44. The topological polar surface area (TPSA) is 35.6 Å². The van der Waals surface area contributed by atoms with Crippen molar-refractivity contribution in [3.63, 3.8) is 0 Å². The van der Waals surface area contributed by atoms with Crippen LogP contribution in [0.3, 0.4) is 0 Å². The molecule has 1 aromatic carbocycles. The molecule has 3 aromatic rings. The molecule has 21 heavy (non-hydrogen) atoms. The first-order chi connectivity index (χ1) is 10.1. The molecular weight excluding hydrogens is 284 g/mol. The zero-order chi connectivity index (χ0) is 15.0. The number of nitrogens with zero attached hydrogens (tertiary/aromatic N) is 4. The number of fused-ring (bicyclic) bond motifs is 1. The van der Waals surface area contributed by atoms with Crippen LogP contribution >= 0.6 is 11.6 Å². The number of para-hydroxylation sites is 2. The summed E-state index contributed by atoms with van der Waals surface area (Å²) in [5.74, 6) is 1.11. The summed E-state index contributed by atoms with van der Waals surface area (Å²) < 4.78 is 3.99. The van der Waals surface area contributed by atoms with E-state index in [1.54, 1.807) is 4.68 Å². The molecule has 110 valence electrons. The Morgan fingerprint density at radius 3 is 2.67 bits per heavy atom. The molecule has 0 saturated heterocycles. The summed E-state index contributed by atoms with van der Waals surface area (Å²) in [4.78, 5) is 4.76. The number of aryl methyl sites for hydroxylation is 3. The van der Waals surface area contributed by atoms with Crippen molar-refractivity contribution in [1.82, 2.24) is 19.3 Å². The lowest BCUT2D eigenvalue weighted by Gasteiger charge is -2.09. The monoisotopic (exact) mass is 302 g/mol. The van der Waals surface area contributed by atoms with Gasteiger partial charge >= 0.3 is 0 Å². The number of halogens is 1. The van der Waals surface area contributed by atoms with Gasteiger partial charge in [0.2, 0.25) is 0 Å². The van der Waals surface area contributed by atoms with Gasteiger partial charge in [0.1, 0.15) is 11.0 Å². The van der Waals surface area contributed by atoms with Crippen LogP contribution in [-0.2, 0) is 20.0 Å². The molecule has 2 aromatic heterocycles. The second kappa shape index (κ2) is 5.53. The number of rotatable bonds is 4. The highest BCUT2D eigenvalue weighted by Crippen LogP contribution is 2.24.